The van der Waals surface area contributed by atoms with E-state index in [1.807, 2.05) is 4.90 Å². The summed E-state index contributed by atoms with van der Waals surface area (Å²) in [5.74, 6) is -2.73. The molecule has 1 aliphatic carbocycles. The largest absolute Gasteiger partial charge is 0.478 e. The zero-order valence-electron chi connectivity index (χ0n) is 10.9. The molecule has 2 saturated heterocycles. The van der Waals surface area contributed by atoms with Crippen molar-refractivity contribution in [2.24, 2.45) is 5.92 Å². The van der Waals surface area contributed by atoms with E-state index in [1.54, 1.807) is 0 Å². The number of rotatable bonds is 2. The van der Waals surface area contributed by atoms with E-state index in [0.717, 1.165) is 12.8 Å². The van der Waals surface area contributed by atoms with Gasteiger partial charge in [0.15, 0.2) is 0 Å². The Balaban J connectivity index is 1.74. The van der Waals surface area contributed by atoms with Crippen LogP contribution in [-0.2, 0) is 14.3 Å². The fourth-order valence-corrected chi connectivity index (χ4v) is 3.21. The van der Waals surface area contributed by atoms with Crippen molar-refractivity contribution in [3.05, 3.63) is 23.6 Å². The van der Waals surface area contributed by atoms with E-state index in [2.05, 4.69) is 0 Å². The molecule has 20 heavy (non-hydrogen) atoms. The number of carbonyl (C=O) groups excluding carboxylic acids is 1. The second-order valence-electron chi connectivity index (χ2n) is 5.46. The molecule has 0 aromatic heterocycles. The Morgan fingerprint density at radius 2 is 1.95 bits per heavy atom. The predicted molar refractivity (Wildman–Crippen MR) is 67.5 cm³/mol. The van der Waals surface area contributed by atoms with E-state index in [4.69, 9.17) is 9.84 Å². The van der Waals surface area contributed by atoms with Gasteiger partial charge in [0, 0.05) is 6.42 Å². The van der Waals surface area contributed by atoms with Crippen LogP contribution in [0.15, 0.2) is 23.6 Å². The second-order valence-corrected chi connectivity index (χ2v) is 5.46. The standard InChI is InChI=1S/C14H16FNO4/c15-12-5-8(1-4-11(12)14(18)19)13(17)16-9-2-3-10(16)7-20-6-9/h1,4,8-10H,2-3,5-7H2,(H,18,19). The summed E-state index contributed by atoms with van der Waals surface area (Å²) in [5, 5.41) is 8.82. The summed E-state index contributed by atoms with van der Waals surface area (Å²) in [4.78, 5) is 25.1. The van der Waals surface area contributed by atoms with E-state index in [-0.39, 0.29) is 30.0 Å². The summed E-state index contributed by atoms with van der Waals surface area (Å²) < 4.78 is 19.2. The number of carboxylic acids is 1. The van der Waals surface area contributed by atoms with Crippen LogP contribution >= 0.6 is 0 Å². The Bertz CT molecular complexity index is 497. The molecule has 1 amide bonds. The Labute approximate surface area is 115 Å². The van der Waals surface area contributed by atoms with E-state index in [9.17, 15) is 14.0 Å². The van der Waals surface area contributed by atoms with Gasteiger partial charge < -0.3 is 14.7 Å². The first-order valence-electron chi connectivity index (χ1n) is 6.78. The second kappa shape index (κ2) is 5.01. The van der Waals surface area contributed by atoms with Crippen LogP contribution < -0.4 is 0 Å². The molecule has 3 unspecified atom stereocenters. The fourth-order valence-electron chi connectivity index (χ4n) is 3.21. The monoisotopic (exact) mass is 281 g/mol. The smallest absolute Gasteiger partial charge is 0.338 e. The summed E-state index contributed by atoms with van der Waals surface area (Å²) in [7, 11) is 0. The minimum absolute atomic E-state index is 0.0857. The van der Waals surface area contributed by atoms with Crippen LogP contribution in [-0.4, -0.2) is 47.2 Å². The van der Waals surface area contributed by atoms with Crippen molar-refractivity contribution in [2.45, 2.75) is 31.3 Å². The topological polar surface area (TPSA) is 66.8 Å². The molecule has 6 heteroatoms. The van der Waals surface area contributed by atoms with Crippen molar-refractivity contribution < 1.29 is 23.8 Å². The molecule has 2 fully saturated rings. The average molecular weight is 281 g/mol. The Hall–Kier alpha value is -1.69. The predicted octanol–water partition coefficient (Wildman–Crippen LogP) is 1.26. The van der Waals surface area contributed by atoms with Crippen LogP contribution in [0, 0.1) is 5.92 Å². The highest BCUT2D eigenvalue weighted by molar-refractivity contribution is 5.92. The molecule has 0 spiro atoms. The van der Waals surface area contributed by atoms with Crippen molar-refractivity contribution in [3.8, 4) is 0 Å². The number of hydrogen-bond donors (Lipinski definition) is 1. The van der Waals surface area contributed by atoms with Gasteiger partial charge in [-0.15, -0.1) is 0 Å². The average Bonchev–Trinajstić information content (AvgIpc) is 2.66. The first kappa shape index (κ1) is 13.3. The number of ether oxygens (including phenoxy) is 1. The maximum atomic E-state index is 13.7. The number of fused-ring (bicyclic) bond motifs is 2. The molecule has 3 atom stereocenters. The third-order valence-electron chi connectivity index (χ3n) is 4.23. The number of carboxylic acid groups (broad SMARTS) is 1. The molecule has 5 nitrogen and oxygen atoms in total. The lowest BCUT2D eigenvalue weighted by Gasteiger charge is -2.36. The number of carbonyl (C=O) groups is 2. The maximum Gasteiger partial charge on any atom is 0.338 e. The maximum absolute atomic E-state index is 13.7. The number of aliphatic carboxylic acids is 1. The number of amides is 1. The first-order valence-corrected chi connectivity index (χ1v) is 6.78. The van der Waals surface area contributed by atoms with Gasteiger partial charge in [0.25, 0.3) is 0 Å². The van der Waals surface area contributed by atoms with Crippen LogP contribution in [0.1, 0.15) is 19.3 Å². The summed E-state index contributed by atoms with van der Waals surface area (Å²) in [6.07, 6.45) is 4.39. The number of morpholine rings is 1. The molecule has 3 aliphatic rings. The van der Waals surface area contributed by atoms with Gasteiger partial charge in [-0.25, -0.2) is 9.18 Å². The molecule has 3 rings (SSSR count). The highest BCUT2D eigenvalue weighted by Gasteiger charge is 2.42. The van der Waals surface area contributed by atoms with Gasteiger partial charge in [-0.1, -0.05) is 6.08 Å². The quantitative estimate of drug-likeness (QED) is 0.827. The normalized spacial score (nSPS) is 32.6. The lowest BCUT2D eigenvalue weighted by molar-refractivity contribution is -0.144. The molecule has 1 N–H and O–H groups in total. The minimum atomic E-state index is -1.30. The van der Waals surface area contributed by atoms with E-state index in [0.29, 0.717) is 13.2 Å². The van der Waals surface area contributed by atoms with Crippen LogP contribution in [0.2, 0.25) is 0 Å². The Morgan fingerprint density at radius 3 is 2.50 bits per heavy atom. The van der Waals surface area contributed by atoms with Crippen LogP contribution in [0.25, 0.3) is 0 Å². The molecular weight excluding hydrogens is 265 g/mol. The lowest BCUT2D eigenvalue weighted by atomic mass is 9.93. The summed E-state index contributed by atoms with van der Waals surface area (Å²) in [5.41, 5.74) is -0.348. The van der Waals surface area contributed by atoms with Gasteiger partial charge in [-0.3, -0.25) is 4.79 Å². The van der Waals surface area contributed by atoms with E-state index in [1.165, 1.54) is 12.2 Å². The van der Waals surface area contributed by atoms with Crippen molar-refractivity contribution in [2.75, 3.05) is 13.2 Å². The third-order valence-corrected chi connectivity index (χ3v) is 4.23. The molecular formula is C14H16FNO4. The molecule has 0 aromatic rings. The lowest BCUT2D eigenvalue weighted by Crippen LogP contribution is -2.51. The van der Waals surface area contributed by atoms with Gasteiger partial charge in [-0.2, -0.15) is 0 Å². The number of hydrogen-bond acceptors (Lipinski definition) is 3. The zero-order valence-corrected chi connectivity index (χ0v) is 10.9. The van der Waals surface area contributed by atoms with Crippen molar-refractivity contribution in [3.63, 3.8) is 0 Å². The van der Waals surface area contributed by atoms with Crippen LogP contribution in [0.4, 0.5) is 4.39 Å². The van der Waals surface area contributed by atoms with Gasteiger partial charge in [-0.05, 0) is 18.9 Å². The number of allylic oxidation sites excluding steroid dienone is 1. The molecule has 0 aromatic carbocycles. The minimum Gasteiger partial charge on any atom is -0.478 e. The van der Waals surface area contributed by atoms with E-state index < -0.39 is 17.7 Å². The summed E-state index contributed by atoms with van der Waals surface area (Å²) in [6.45, 7) is 1.08. The molecule has 2 bridgehead atoms. The number of halogens is 1. The zero-order chi connectivity index (χ0) is 14.3. The first-order chi connectivity index (χ1) is 9.58. The van der Waals surface area contributed by atoms with Crippen molar-refractivity contribution in [1.82, 2.24) is 4.90 Å². The van der Waals surface area contributed by atoms with Gasteiger partial charge in [0.2, 0.25) is 5.91 Å². The Kier molecular flexibility index (Phi) is 3.33. The van der Waals surface area contributed by atoms with Crippen LogP contribution in [0.3, 0.4) is 0 Å². The summed E-state index contributed by atoms with van der Waals surface area (Å²) in [6, 6.07) is 0.171. The van der Waals surface area contributed by atoms with Gasteiger partial charge in [0.1, 0.15) is 5.83 Å². The SMILES string of the molecule is O=C(O)C1=C(F)CC(C(=O)N2C3CCC2COC3)C=C1. The molecule has 2 heterocycles. The van der Waals surface area contributed by atoms with Crippen LogP contribution in [0.5, 0.6) is 0 Å². The molecule has 0 radical (unpaired) electrons. The molecule has 2 aliphatic heterocycles. The third kappa shape index (κ3) is 2.14. The number of nitrogens with zero attached hydrogens (tertiary/aromatic N) is 1. The Morgan fingerprint density at radius 1 is 1.30 bits per heavy atom. The van der Waals surface area contributed by atoms with Gasteiger partial charge >= 0.3 is 5.97 Å². The van der Waals surface area contributed by atoms with Gasteiger partial charge in [0.05, 0.1) is 36.8 Å². The van der Waals surface area contributed by atoms with E-state index >= 15 is 0 Å². The fraction of sp³-hybridized carbons (Fsp3) is 0.571. The molecule has 0 saturated carbocycles. The highest BCUT2D eigenvalue weighted by atomic mass is 19.1. The highest BCUT2D eigenvalue weighted by Crippen LogP contribution is 2.33. The molecule has 108 valence electrons. The van der Waals surface area contributed by atoms with Crippen molar-refractivity contribution >= 4 is 11.9 Å². The summed E-state index contributed by atoms with van der Waals surface area (Å²) >= 11 is 0. The van der Waals surface area contributed by atoms with Crippen molar-refractivity contribution in [1.29, 1.82) is 0 Å².